The quantitative estimate of drug-likeness (QED) is 0.497. The SMILES string of the molecule is Nc1ccc(-n2c3ccccc3c3ccnc(-c4ccccn4)c32)s1. The predicted molar refractivity (Wildman–Crippen MR) is 104 cm³/mol. The van der Waals surface area contributed by atoms with E-state index < -0.39 is 0 Å². The zero-order valence-electron chi connectivity index (χ0n) is 13.3. The summed E-state index contributed by atoms with van der Waals surface area (Å²) >= 11 is 1.57. The molecule has 5 heteroatoms. The zero-order valence-corrected chi connectivity index (χ0v) is 14.1. The van der Waals surface area contributed by atoms with Crippen molar-refractivity contribution in [3.05, 3.63) is 73.1 Å². The van der Waals surface area contributed by atoms with Crippen LogP contribution < -0.4 is 5.73 Å². The van der Waals surface area contributed by atoms with Crippen LogP contribution in [0.25, 0.3) is 38.2 Å². The number of para-hydroxylation sites is 1. The predicted octanol–water partition coefficient (Wildman–Crippen LogP) is 4.88. The van der Waals surface area contributed by atoms with Crippen molar-refractivity contribution in [1.82, 2.24) is 14.5 Å². The highest BCUT2D eigenvalue weighted by atomic mass is 32.1. The highest BCUT2D eigenvalue weighted by Gasteiger charge is 2.18. The van der Waals surface area contributed by atoms with E-state index in [2.05, 4.69) is 50.9 Å². The van der Waals surface area contributed by atoms with Crippen molar-refractivity contribution in [1.29, 1.82) is 0 Å². The molecule has 4 heterocycles. The molecular formula is C20H14N4S. The van der Waals surface area contributed by atoms with Gasteiger partial charge in [0.1, 0.15) is 10.7 Å². The molecule has 0 bridgehead atoms. The molecule has 4 aromatic heterocycles. The second kappa shape index (κ2) is 5.43. The summed E-state index contributed by atoms with van der Waals surface area (Å²) in [4.78, 5) is 9.17. The lowest BCUT2D eigenvalue weighted by atomic mass is 10.1. The van der Waals surface area contributed by atoms with Gasteiger partial charge in [-0.25, -0.2) is 0 Å². The second-order valence-corrected chi connectivity index (χ2v) is 6.89. The molecule has 0 saturated heterocycles. The molecule has 0 fully saturated rings. The smallest absolute Gasteiger partial charge is 0.113 e. The minimum absolute atomic E-state index is 0.796. The number of anilines is 1. The van der Waals surface area contributed by atoms with E-state index >= 15 is 0 Å². The fourth-order valence-electron chi connectivity index (χ4n) is 3.30. The van der Waals surface area contributed by atoms with E-state index in [1.54, 1.807) is 17.5 Å². The van der Waals surface area contributed by atoms with Crippen LogP contribution in [0.2, 0.25) is 0 Å². The Morgan fingerprint density at radius 1 is 0.800 bits per heavy atom. The van der Waals surface area contributed by atoms with Crippen molar-refractivity contribution in [3.63, 3.8) is 0 Å². The number of nitrogens with zero attached hydrogens (tertiary/aromatic N) is 3. The Balaban J connectivity index is 1.99. The van der Waals surface area contributed by atoms with E-state index in [-0.39, 0.29) is 0 Å². The molecule has 0 amide bonds. The van der Waals surface area contributed by atoms with E-state index in [1.807, 2.05) is 30.5 Å². The first-order valence-electron chi connectivity index (χ1n) is 7.98. The molecule has 120 valence electrons. The van der Waals surface area contributed by atoms with Crippen molar-refractivity contribution >= 4 is 38.1 Å². The van der Waals surface area contributed by atoms with Crippen molar-refractivity contribution in [2.75, 3.05) is 5.73 Å². The van der Waals surface area contributed by atoms with Crippen LogP contribution in [0, 0.1) is 0 Å². The van der Waals surface area contributed by atoms with Gasteiger partial charge in [0, 0.05) is 23.2 Å². The highest BCUT2D eigenvalue weighted by molar-refractivity contribution is 7.18. The number of nitrogen functional groups attached to an aromatic ring is 1. The van der Waals surface area contributed by atoms with Crippen molar-refractivity contribution in [2.24, 2.45) is 0 Å². The van der Waals surface area contributed by atoms with Gasteiger partial charge in [0.2, 0.25) is 0 Å². The van der Waals surface area contributed by atoms with Crippen LogP contribution in [0.5, 0.6) is 0 Å². The van der Waals surface area contributed by atoms with Gasteiger partial charge in [-0.3, -0.25) is 14.5 Å². The van der Waals surface area contributed by atoms with Gasteiger partial charge in [-0.05, 0) is 36.4 Å². The summed E-state index contributed by atoms with van der Waals surface area (Å²) in [5.41, 5.74) is 9.94. The summed E-state index contributed by atoms with van der Waals surface area (Å²) in [7, 11) is 0. The van der Waals surface area contributed by atoms with Gasteiger partial charge in [-0.15, -0.1) is 11.3 Å². The largest absolute Gasteiger partial charge is 0.391 e. The first-order chi connectivity index (χ1) is 12.3. The number of aromatic nitrogens is 3. The first kappa shape index (κ1) is 14.2. The molecule has 0 unspecified atom stereocenters. The Morgan fingerprint density at radius 2 is 1.68 bits per heavy atom. The van der Waals surface area contributed by atoms with Crippen LogP contribution in [0.4, 0.5) is 5.00 Å². The van der Waals surface area contributed by atoms with Crippen molar-refractivity contribution in [2.45, 2.75) is 0 Å². The Hall–Kier alpha value is -3.18. The van der Waals surface area contributed by atoms with E-state index in [4.69, 9.17) is 5.73 Å². The fourth-order valence-corrected chi connectivity index (χ4v) is 4.09. The average Bonchev–Trinajstić information content (AvgIpc) is 3.23. The molecule has 25 heavy (non-hydrogen) atoms. The maximum Gasteiger partial charge on any atom is 0.113 e. The number of nitrogens with two attached hydrogens (primary N) is 1. The molecule has 5 rings (SSSR count). The maximum atomic E-state index is 6.00. The Kier molecular flexibility index (Phi) is 3.08. The van der Waals surface area contributed by atoms with Gasteiger partial charge in [0.25, 0.3) is 0 Å². The lowest BCUT2D eigenvalue weighted by molar-refractivity contribution is 1.19. The number of benzene rings is 1. The Morgan fingerprint density at radius 3 is 2.48 bits per heavy atom. The normalized spacial score (nSPS) is 11.4. The van der Waals surface area contributed by atoms with Crippen LogP contribution >= 0.6 is 11.3 Å². The molecule has 0 aliphatic rings. The van der Waals surface area contributed by atoms with Crippen LogP contribution in [0.1, 0.15) is 0 Å². The summed E-state index contributed by atoms with van der Waals surface area (Å²) in [6, 6.07) is 20.4. The molecule has 4 nitrogen and oxygen atoms in total. The van der Waals surface area contributed by atoms with Crippen LogP contribution in [-0.2, 0) is 0 Å². The molecule has 0 spiro atoms. The lowest BCUT2D eigenvalue weighted by Crippen LogP contribution is -1.95. The molecule has 0 aliphatic heterocycles. The molecule has 5 aromatic rings. The molecule has 0 saturated carbocycles. The third-order valence-electron chi connectivity index (χ3n) is 4.32. The maximum absolute atomic E-state index is 6.00. The van der Waals surface area contributed by atoms with E-state index in [1.165, 1.54) is 10.8 Å². The molecule has 2 N–H and O–H groups in total. The number of rotatable bonds is 2. The average molecular weight is 342 g/mol. The Bertz CT molecular complexity index is 1200. The Labute approximate surface area is 148 Å². The topological polar surface area (TPSA) is 56.7 Å². The zero-order chi connectivity index (χ0) is 16.8. The van der Waals surface area contributed by atoms with Gasteiger partial charge in [-0.1, -0.05) is 24.3 Å². The van der Waals surface area contributed by atoms with E-state index in [0.29, 0.717) is 0 Å². The van der Waals surface area contributed by atoms with Crippen molar-refractivity contribution < 1.29 is 0 Å². The van der Waals surface area contributed by atoms with E-state index in [0.717, 1.165) is 32.4 Å². The van der Waals surface area contributed by atoms with Crippen LogP contribution in [0.15, 0.2) is 73.1 Å². The van der Waals surface area contributed by atoms with Gasteiger partial charge in [-0.2, -0.15) is 0 Å². The molecule has 0 atom stereocenters. The van der Waals surface area contributed by atoms with E-state index in [9.17, 15) is 0 Å². The van der Waals surface area contributed by atoms with Gasteiger partial charge >= 0.3 is 0 Å². The molecule has 0 aliphatic carbocycles. The van der Waals surface area contributed by atoms with Crippen molar-refractivity contribution in [3.8, 4) is 16.4 Å². The third-order valence-corrected chi connectivity index (χ3v) is 5.22. The standard InChI is InChI=1S/C20H14N4S/c21-17-8-9-18(25-17)24-16-7-2-1-5-13(16)14-10-12-23-19(20(14)24)15-6-3-4-11-22-15/h1-12H,21H2. The van der Waals surface area contributed by atoms with Gasteiger partial charge < -0.3 is 5.73 Å². The number of thiophene rings is 1. The molecule has 0 radical (unpaired) electrons. The lowest BCUT2D eigenvalue weighted by Gasteiger charge is -2.08. The monoisotopic (exact) mass is 342 g/mol. The first-order valence-corrected chi connectivity index (χ1v) is 8.80. The second-order valence-electron chi connectivity index (χ2n) is 5.80. The summed E-state index contributed by atoms with van der Waals surface area (Å²) in [6.45, 7) is 0. The molecular weight excluding hydrogens is 328 g/mol. The van der Waals surface area contributed by atoms with Gasteiger partial charge in [0.05, 0.1) is 21.7 Å². The third kappa shape index (κ3) is 2.13. The van der Waals surface area contributed by atoms with Crippen LogP contribution in [-0.4, -0.2) is 14.5 Å². The van der Waals surface area contributed by atoms with Gasteiger partial charge in [0.15, 0.2) is 0 Å². The number of hydrogen-bond donors (Lipinski definition) is 1. The molecule has 1 aromatic carbocycles. The minimum Gasteiger partial charge on any atom is -0.391 e. The fraction of sp³-hybridized carbons (Fsp3) is 0. The minimum atomic E-state index is 0.796. The summed E-state index contributed by atoms with van der Waals surface area (Å²) in [5, 5.41) is 4.24. The number of fused-ring (bicyclic) bond motifs is 3. The summed E-state index contributed by atoms with van der Waals surface area (Å²) < 4.78 is 2.24. The summed E-state index contributed by atoms with van der Waals surface area (Å²) in [5.74, 6) is 0. The highest BCUT2D eigenvalue weighted by Crippen LogP contribution is 2.38. The number of hydrogen-bond acceptors (Lipinski definition) is 4. The summed E-state index contributed by atoms with van der Waals surface area (Å²) in [6.07, 6.45) is 3.65. The number of pyridine rings is 2. The van der Waals surface area contributed by atoms with Crippen LogP contribution in [0.3, 0.4) is 0 Å².